The highest BCUT2D eigenvalue weighted by Crippen LogP contribution is 2.33. The summed E-state index contributed by atoms with van der Waals surface area (Å²) in [5, 5.41) is 13.9. The van der Waals surface area contributed by atoms with Crippen molar-refractivity contribution < 1.29 is 4.74 Å². The molecular formula is C28H34N6O2. The summed E-state index contributed by atoms with van der Waals surface area (Å²) in [5.74, 6) is 1.65. The highest BCUT2D eigenvalue weighted by Gasteiger charge is 2.29. The van der Waals surface area contributed by atoms with Gasteiger partial charge in [-0.05, 0) is 66.4 Å². The highest BCUT2D eigenvalue weighted by molar-refractivity contribution is 5.80. The normalized spacial score (nSPS) is 15.1. The van der Waals surface area contributed by atoms with Crippen LogP contribution in [-0.2, 0) is 13.1 Å². The molecule has 2 heterocycles. The Hall–Kier alpha value is -3.52. The van der Waals surface area contributed by atoms with E-state index in [1.165, 1.54) is 24.0 Å². The van der Waals surface area contributed by atoms with Crippen molar-refractivity contribution in [3.05, 3.63) is 81.4 Å². The number of fused-ring (bicyclic) bond motifs is 1. The van der Waals surface area contributed by atoms with Gasteiger partial charge in [0.25, 0.3) is 5.56 Å². The van der Waals surface area contributed by atoms with Crippen molar-refractivity contribution in [3.63, 3.8) is 0 Å². The smallest absolute Gasteiger partial charge is 0.252 e. The number of methoxy groups -OCH3 is 1. The molecule has 0 radical (unpaired) electrons. The fourth-order valence-electron chi connectivity index (χ4n) is 5.33. The summed E-state index contributed by atoms with van der Waals surface area (Å²) in [6.07, 6.45) is 5.48. The van der Waals surface area contributed by atoms with Gasteiger partial charge in [-0.25, -0.2) is 4.68 Å². The molecule has 1 unspecified atom stereocenters. The molecule has 0 spiro atoms. The Morgan fingerprint density at radius 2 is 1.89 bits per heavy atom. The van der Waals surface area contributed by atoms with Gasteiger partial charge in [0.1, 0.15) is 5.75 Å². The first-order valence-electron chi connectivity index (χ1n) is 12.8. The number of nitrogens with one attached hydrogen (secondary N) is 1. The third-order valence-electron chi connectivity index (χ3n) is 7.32. The number of H-pyrrole nitrogens is 1. The molecule has 1 aliphatic carbocycles. The first-order chi connectivity index (χ1) is 17.6. The number of benzene rings is 2. The number of pyridine rings is 1. The van der Waals surface area contributed by atoms with Gasteiger partial charge in [0.2, 0.25) is 0 Å². The van der Waals surface area contributed by atoms with E-state index in [4.69, 9.17) is 4.74 Å². The van der Waals surface area contributed by atoms with Gasteiger partial charge in [-0.3, -0.25) is 9.69 Å². The summed E-state index contributed by atoms with van der Waals surface area (Å²) in [6.45, 7) is 5.42. The lowest BCUT2D eigenvalue weighted by Crippen LogP contribution is -2.32. The lowest BCUT2D eigenvalue weighted by atomic mass is 10.1. The first kappa shape index (κ1) is 24.2. The second-order valence-electron chi connectivity index (χ2n) is 9.81. The van der Waals surface area contributed by atoms with Crippen LogP contribution in [0.5, 0.6) is 5.75 Å². The van der Waals surface area contributed by atoms with E-state index in [9.17, 15) is 4.79 Å². The molecule has 1 saturated carbocycles. The fraction of sp³-hybridized carbons (Fsp3) is 0.429. The molecule has 36 heavy (non-hydrogen) atoms. The first-order valence-corrected chi connectivity index (χ1v) is 12.8. The summed E-state index contributed by atoms with van der Waals surface area (Å²) in [5.41, 5.74) is 3.85. The maximum atomic E-state index is 13.1. The SMILES string of the molecule is CCC(c1nnnn1C1CCCC1)N(Cc1ccc(C)cc1)Cc1cc2cc(OC)ccc2[nH]c1=O. The van der Waals surface area contributed by atoms with Crippen molar-refractivity contribution in [3.8, 4) is 5.75 Å². The number of nitrogens with zero attached hydrogens (tertiary/aromatic N) is 5. The molecule has 0 amide bonds. The second kappa shape index (κ2) is 10.6. The summed E-state index contributed by atoms with van der Waals surface area (Å²) < 4.78 is 7.44. The van der Waals surface area contributed by atoms with E-state index in [2.05, 4.69) is 63.5 Å². The Morgan fingerprint density at radius 1 is 1.11 bits per heavy atom. The number of rotatable bonds is 9. The van der Waals surface area contributed by atoms with Crippen molar-refractivity contribution in [2.75, 3.05) is 7.11 Å². The van der Waals surface area contributed by atoms with Gasteiger partial charge < -0.3 is 9.72 Å². The van der Waals surface area contributed by atoms with Crippen molar-refractivity contribution in [1.29, 1.82) is 0 Å². The molecule has 0 saturated heterocycles. The zero-order valence-electron chi connectivity index (χ0n) is 21.3. The van der Waals surface area contributed by atoms with Crippen molar-refractivity contribution in [2.45, 2.75) is 71.1 Å². The lowest BCUT2D eigenvalue weighted by Gasteiger charge is -2.31. The third kappa shape index (κ3) is 5.04. The van der Waals surface area contributed by atoms with E-state index in [1.54, 1.807) is 7.11 Å². The Balaban J connectivity index is 1.53. The van der Waals surface area contributed by atoms with Crippen LogP contribution in [0.3, 0.4) is 0 Å². The Morgan fingerprint density at radius 3 is 2.61 bits per heavy atom. The van der Waals surface area contributed by atoms with Gasteiger partial charge in [-0.1, -0.05) is 49.6 Å². The van der Waals surface area contributed by atoms with Crippen LogP contribution >= 0.6 is 0 Å². The summed E-state index contributed by atoms with van der Waals surface area (Å²) >= 11 is 0. The average molecular weight is 487 g/mol. The highest BCUT2D eigenvalue weighted by atomic mass is 16.5. The summed E-state index contributed by atoms with van der Waals surface area (Å²) in [6, 6.07) is 16.6. The maximum Gasteiger partial charge on any atom is 0.252 e. The topological polar surface area (TPSA) is 88.9 Å². The van der Waals surface area contributed by atoms with E-state index in [0.29, 0.717) is 24.7 Å². The molecule has 1 aliphatic rings. The third-order valence-corrected chi connectivity index (χ3v) is 7.32. The minimum atomic E-state index is -0.0770. The summed E-state index contributed by atoms with van der Waals surface area (Å²) in [4.78, 5) is 18.5. The average Bonchev–Trinajstić information content (AvgIpc) is 3.58. The number of hydrogen-bond donors (Lipinski definition) is 1. The molecule has 5 rings (SSSR count). The number of aromatic nitrogens is 5. The molecule has 4 aromatic rings. The fourth-order valence-corrected chi connectivity index (χ4v) is 5.33. The largest absolute Gasteiger partial charge is 0.497 e. The van der Waals surface area contributed by atoms with Gasteiger partial charge >= 0.3 is 0 Å². The zero-order chi connectivity index (χ0) is 25.1. The molecule has 8 nitrogen and oxygen atoms in total. The van der Waals surface area contributed by atoms with Crippen LogP contribution in [0, 0.1) is 6.92 Å². The monoisotopic (exact) mass is 486 g/mol. The molecule has 1 fully saturated rings. The standard InChI is InChI=1S/C28H34N6O2/c1-4-26(27-30-31-32-34(27)23-7-5-6-8-23)33(17-20-11-9-19(2)10-12-20)18-22-15-21-16-24(36-3)13-14-25(21)29-28(22)35/h9-16,23,26H,4-8,17-18H2,1-3H3,(H,29,35). The Bertz CT molecular complexity index is 1370. The van der Waals surface area contributed by atoms with Gasteiger partial charge in [-0.2, -0.15) is 0 Å². The quantitative estimate of drug-likeness (QED) is 0.354. The van der Waals surface area contributed by atoms with E-state index < -0.39 is 0 Å². The minimum absolute atomic E-state index is 0.0256. The lowest BCUT2D eigenvalue weighted by molar-refractivity contribution is 0.158. The van der Waals surface area contributed by atoms with Gasteiger partial charge in [0.05, 0.1) is 19.2 Å². The Labute approximate surface area is 211 Å². The number of aromatic amines is 1. The molecule has 188 valence electrons. The van der Waals surface area contributed by atoms with Crippen LogP contribution in [0.1, 0.15) is 73.6 Å². The van der Waals surface area contributed by atoms with E-state index in [0.717, 1.165) is 41.7 Å². The number of tetrazole rings is 1. The molecule has 0 bridgehead atoms. The Kier molecular flexibility index (Phi) is 7.13. The second-order valence-corrected chi connectivity index (χ2v) is 9.81. The molecular weight excluding hydrogens is 452 g/mol. The van der Waals surface area contributed by atoms with Crippen LogP contribution in [0.4, 0.5) is 0 Å². The number of hydrogen-bond acceptors (Lipinski definition) is 6. The van der Waals surface area contributed by atoms with E-state index in [1.807, 2.05) is 28.9 Å². The van der Waals surface area contributed by atoms with Crippen LogP contribution in [0.15, 0.2) is 53.3 Å². The predicted molar refractivity (Wildman–Crippen MR) is 140 cm³/mol. The van der Waals surface area contributed by atoms with Crippen molar-refractivity contribution in [2.24, 2.45) is 0 Å². The van der Waals surface area contributed by atoms with Crippen molar-refractivity contribution >= 4 is 10.9 Å². The van der Waals surface area contributed by atoms with Crippen LogP contribution in [0.2, 0.25) is 0 Å². The zero-order valence-corrected chi connectivity index (χ0v) is 21.3. The van der Waals surface area contributed by atoms with Crippen molar-refractivity contribution in [1.82, 2.24) is 30.1 Å². The molecule has 2 aromatic heterocycles. The molecule has 0 aliphatic heterocycles. The number of aryl methyl sites for hydroxylation is 1. The van der Waals surface area contributed by atoms with Crippen LogP contribution in [-0.4, -0.2) is 37.2 Å². The van der Waals surface area contributed by atoms with Gasteiger partial charge in [0, 0.05) is 29.6 Å². The van der Waals surface area contributed by atoms with E-state index in [-0.39, 0.29) is 11.6 Å². The van der Waals surface area contributed by atoms with Crippen LogP contribution in [0.25, 0.3) is 10.9 Å². The summed E-state index contributed by atoms with van der Waals surface area (Å²) in [7, 11) is 1.65. The number of ether oxygens (including phenoxy) is 1. The molecule has 2 aromatic carbocycles. The van der Waals surface area contributed by atoms with Gasteiger partial charge in [-0.15, -0.1) is 5.10 Å². The van der Waals surface area contributed by atoms with Crippen LogP contribution < -0.4 is 10.3 Å². The molecule has 8 heteroatoms. The van der Waals surface area contributed by atoms with E-state index >= 15 is 0 Å². The minimum Gasteiger partial charge on any atom is -0.497 e. The molecule has 1 N–H and O–H groups in total. The molecule has 1 atom stereocenters. The van der Waals surface area contributed by atoms with Gasteiger partial charge in [0.15, 0.2) is 5.82 Å². The maximum absolute atomic E-state index is 13.1. The predicted octanol–water partition coefficient (Wildman–Crippen LogP) is 5.10.